The van der Waals surface area contributed by atoms with Gasteiger partial charge in [0.05, 0.1) is 12.2 Å². The zero-order chi connectivity index (χ0) is 21.8. The molecule has 7 heteroatoms. The molecule has 0 radical (unpaired) electrons. The number of rotatable bonds is 6. The second-order valence-corrected chi connectivity index (χ2v) is 7.81. The van der Waals surface area contributed by atoms with Crippen LogP contribution in [0.15, 0.2) is 60.7 Å². The third-order valence-corrected chi connectivity index (χ3v) is 5.58. The van der Waals surface area contributed by atoms with Crippen LogP contribution in [0.2, 0.25) is 5.15 Å². The predicted molar refractivity (Wildman–Crippen MR) is 123 cm³/mol. The van der Waals surface area contributed by atoms with Crippen molar-refractivity contribution in [2.75, 3.05) is 16.8 Å². The third-order valence-electron chi connectivity index (χ3n) is 5.18. The lowest BCUT2D eigenvalue weighted by atomic mass is 10.2. The summed E-state index contributed by atoms with van der Waals surface area (Å²) in [5, 5.41) is 7.82. The van der Waals surface area contributed by atoms with E-state index in [1.807, 2.05) is 55.5 Å². The molecule has 1 aromatic heterocycles. The highest BCUT2D eigenvalue weighted by molar-refractivity contribution is 6.31. The fraction of sp³-hybridized carbons (Fsp3) is 0.208. The number of benzene rings is 2. The fourth-order valence-electron chi connectivity index (χ4n) is 3.63. The first-order chi connectivity index (χ1) is 15.0. The molecule has 1 N–H and O–H groups in total. The Morgan fingerprint density at radius 2 is 2.00 bits per heavy atom. The molecule has 0 saturated carbocycles. The van der Waals surface area contributed by atoms with Crippen molar-refractivity contribution in [3.8, 4) is 0 Å². The number of nitrogens with zero attached hydrogens (tertiary/aromatic N) is 3. The molecule has 2 aromatic carbocycles. The summed E-state index contributed by atoms with van der Waals surface area (Å²) in [5.41, 5.74) is 3.99. The number of aromatic nitrogens is 2. The first-order valence-corrected chi connectivity index (χ1v) is 10.6. The van der Waals surface area contributed by atoms with Gasteiger partial charge in [-0.15, -0.1) is 0 Å². The molecule has 3 aromatic rings. The van der Waals surface area contributed by atoms with Gasteiger partial charge in [0.1, 0.15) is 5.15 Å². The van der Waals surface area contributed by atoms with E-state index in [-0.39, 0.29) is 11.8 Å². The Labute approximate surface area is 186 Å². The van der Waals surface area contributed by atoms with Crippen LogP contribution in [-0.4, -0.2) is 28.1 Å². The van der Waals surface area contributed by atoms with E-state index in [2.05, 4.69) is 10.4 Å². The molecule has 6 nitrogen and oxygen atoms in total. The highest BCUT2D eigenvalue weighted by atomic mass is 35.5. The minimum Gasteiger partial charge on any atom is -0.322 e. The van der Waals surface area contributed by atoms with E-state index in [1.165, 1.54) is 6.08 Å². The Morgan fingerprint density at radius 3 is 2.74 bits per heavy atom. The van der Waals surface area contributed by atoms with Crippen molar-refractivity contribution >= 4 is 40.9 Å². The molecule has 1 aliphatic heterocycles. The van der Waals surface area contributed by atoms with Gasteiger partial charge >= 0.3 is 0 Å². The Kier molecular flexibility index (Phi) is 6.18. The molecule has 0 aliphatic carbocycles. The lowest BCUT2D eigenvalue weighted by Gasteiger charge is -2.16. The summed E-state index contributed by atoms with van der Waals surface area (Å²) in [6.07, 6.45) is 4.54. The number of nitrogens with one attached hydrogen (secondary N) is 1. The zero-order valence-electron chi connectivity index (χ0n) is 17.2. The minimum absolute atomic E-state index is 0.112. The van der Waals surface area contributed by atoms with Gasteiger partial charge in [0, 0.05) is 36.0 Å². The van der Waals surface area contributed by atoms with Crippen molar-refractivity contribution in [1.82, 2.24) is 9.78 Å². The van der Waals surface area contributed by atoms with Gasteiger partial charge in [-0.1, -0.05) is 48.0 Å². The zero-order valence-corrected chi connectivity index (χ0v) is 18.0. The number of hydrogen-bond donors (Lipinski definition) is 1. The number of carbonyl (C=O) groups is 2. The van der Waals surface area contributed by atoms with E-state index in [0.29, 0.717) is 35.9 Å². The summed E-state index contributed by atoms with van der Waals surface area (Å²) < 4.78 is 1.72. The van der Waals surface area contributed by atoms with Gasteiger partial charge in [-0.2, -0.15) is 5.10 Å². The number of carbonyl (C=O) groups excluding carboxylic acids is 2. The number of amides is 2. The maximum atomic E-state index is 12.5. The smallest absolute Gasteiger partial charge is 0.248 e. The van der Waals surface area contributed by atoms with Crippen molar-refractivity contribution in [2.24, 2.45) is 0 Å². The molecule has 1 fully saturated rings. The summed E-state index contributed by atoms with van der Waals surface area (Å²) >= 11 is 6.51. The molecule has 2 amide bonds. The lowest BCUT2D eigenvalue weighted by molar-refractivity contribution is -0.117. The average molecular weight is 435 g/mol. The molecule has 0 atom stereocenters. The van der Waals surface area contributed by atoms with Crippen molar-refractivity contribution in [3.63, 3.8) is 0 Å². The van der Waals surface area contributed by atoms with E-state index < -0.39 is 0 Å². The Hall–Kier alpha value is -3.38. The Bertz CT molecular complexity index is 1140. The van der Waals surface area contributed by atoms with Gasteiger partial charge < -0.3 is 10.2 Å². The summed E-state index contributed by atoms with van der Waals surface area (Å²) in [4.78, 5) is 26.2. The van der Waals surface area contributed by atoms with Crippen LogP contribution in [0.3, 0.4) is 0 Å². The van der Waals surface area contributed by atoms with Crippen LogP contribution in [0.4, 0.5) is 11.4 Å². The minimum atomic E-state index is -0.281. The van der Waals surface area contributed by atoms with Gasteiger partial charge in [0.25, 0.3) is 0 Å². The second-order valence-electron chi connectivity index (χ2n) is 7.45. The van der Waals surface area contributed by atoms with Crippen LogP contribution in [0, 0.1) is 6.92 Å². The molecule has 1 saturated heterocycles. The summed E-state index contributed by atoms with van der Waals surface area (Å²) in [7, 11) is 0. The highest BCUT2D eigenvalue weighted by Crippen LogP contribution is 2.25. The fourth-order valence-corrected chi connectivity index (χ4v) is 3.93. The van der Waals surface area contributed by atoms with Gasteiger partial charge in [-0.05, 0) is 43.2 Å². The van der Waals surface area contributed by atoms with Crippen LogP contribution in [0.25, 0.3) is 6.08 Å². The first kappa shape index (κ1) is 20.9. The number of hydrogen-bond acceptors (Lipinski definition) is 3. The third kappa shape index (κ3) is 4.86. The predicted octanol–water partition coefficient (Wildman–Crippen LogP) is 4.67. The van der Waals surface area contributed by atoms with E-state index >= 15 is 0 Å². The van der Waals surface area contributed by atoms with Gasteiger partial charge in [0.15, 0.2) is 0 Å². The largest absolute Gasteiger partial charge is 0.322 e. The van der Waals surface area contributed by atoms with E-state index in [4.69, 9.17) is 11.6 Å². The standard InChI is InChI=1S/C24H23ClN4O2/c1-17-21(24(25)29(27-17)16-18-7-3-2-4-8-18)12-13-22(30)26-19-9-5-10-20(15-19)28-14-6-11-23(28)31/h2-5,7-10,12-13,15H,6,11,14,16H2,1H3,(H,26,30)/b13-12+. The molecule has 4 rings (SSSR count). The van der Waals surface area contributed by atoms with E-state index in [9.17, 15) is 9.59 Å². The van der Waals surface area contributed by atoms with Crippen LogP contribution >= 0.6 is 11.6 Å². The van der Waals surface area contributed by atoms with Gasteiger partial charge in [-0.3, -0.25) is 9.59 Å². The highest BCUT2D eigenvalue weighted by Gasteiger charge is 2.21. The van der Waals surface area contributed by atoms with Gasteiger partial charge in [0.2, 0.25) is 11.8 Å². The molecular formula is C24H23ClN4O2. The SMILES string of the molecule is Cc1nn(Cc2ccccc2)c(Cl)c1/C=C/C(=O)Nc1cccc(N2CCCC2=O)c1. The second kappa shape index (κ2) is 9.18. The maximum absolute atomic E-state index is 12.5. The molecule has 158 valence electrons. The van der Waals surface area contributed by atoms with E-state index in [0.717, 1.165) is 23.4 Å². The topological polar surface area (TPSA) is 67.2 Å². The molecule has 0 spiro atoms. The van der Waals surface area contributed by atoms with Gasteiger partial charge in [-0.25, -0.2) is 4.68 Å². The number of halogens is 1. The van der Waals surface area contributed by atoms with Crippen LogP contribution in [0.5, 0.6) is 0 Å². The Balaban J connectivity index is 1.44. The number of anilines is 2. The van der Waals surface area contributed by atoms with Crippen LogP contribution in [-0.2, 0) is 16.1 Å². The van der Waals surface area contributed by atoms with E-state index in [1.54, 1.807) is 21.7 Å². The lowest BCUT2D eigenvalue weighted by Crippen LogP contribution is -2.23. The summed E-state index contributed by atoms with van der Waals surface area (Å²) in [5.74, 6) is -0.169. The molecule has 2 heterocycles. The van der Waals surface area contributed by atoms with Crippen molar-refractivity contribution < 1.29 is 9.59 Å². The van der Waals surface area contributed by atoms with Crippen LogP contribution in [0.1, 0.15) is 29.7 Å². The van der Waals surface area contributed by atoms with Crippen molar-refractivity contribution in [2.45, 2.75) is 26.3 Å². The molecule has 0 unspecified atom stereocenters. The maximum Gasteiger partial charge on any atom is 0.248 e. The summed E-state index contributed by atoms with van der Waals surface area (Å²) in [6, 6.07) is 17.2. The quantitative estimate of drug-likeness (QED) is 0.573. The number of aryl methyl sites for hydroxylation is 1. The monoisotopic (exact) mass is 434 g/mol. The Morgan fingerprint density at radius 1 is 1.19 bits per heavy atom. The summed E-state index contributed by atoms with van der Waals surface area (Å²) in [6.45, 7) is 3.13. The molecule has 31 heavy (non-hydrogen) atoms. The molecular weight excluding hydrogens is 412 g/mol. The molecule has 0 bridgehead atoms. The van der Waals surface area contributed by atoms with Crippen molar-refractivity contribution in [1.29, 1.82) is 0 Å². The first-order valence-electron chi connectivity index (χ1n) is 10.2. The average Bonchev–Trinajstić information content (AvgIpc) is 3.30. The van der Waals surface area contributed by atoms with Crippen LogP contribution < -0.4 is 10.2 Å². The normalized spacial score (nSPS) is 13.9. The van der Waals surface area contributed by atoms with Crippen molar-refractivity contribution in [3.05, 3.63) is 82.6 Å². The molecule has 1 aliphatic rings.